The van der Waals surface area contributed by atoms with Crippen LogP contribution in [0.1, 0.15) is 31.8 Å². The van der Waals surface area contributed by atoms with Gasteiger partial charge in [-0.2, -0.15) is 13.2 Å². The number of carbonyl (C=O) groups is 2. The van der Waals surface area contributed by atoms with Crippen molar-refractivity contribution in [1.29, 1.82) is 0 Å². The molecule has 0 atom stereocenters. The second-order valence-electron chi connectivity index (χ2n) is 11.0. The maximum absolute atomic E-state index is 13.6. The van der Waals surface area contributed by atoms with Crippen LogP contribution in [0, 0.1) is 17.0 Å². The fourth-order valence-corrected chi connectivity index (χ4v) is 5.32. The number of morpholine rings is 1. The summed E-state index contributed by atoms with van der Waals surface area (Å²) < 4.78 is 46.0. The third-order valence-electron chi connectivity index (χ3n) is 7.95. The Morgan fingerprint density at radius 1 is 0.844 bits per heavy atom. The first-order valence-corrected chi connectivity index (χ1v) is 14.4. The number of nitro benzene ring substituents is 1. The molecule has 2 aliphatic heterocycles. The molecule has 2 saturated heterocycles. The van der Waals surface area contributed by atoms with Crippen LogP contribution in [0.4, 0.5) is 41.6 Å². The molecule has 0 bridgehead atoms. The van der Waals surface area contributed by atoms with Gasteiger partial charge in [-0.05, 0) is 62.0 Å². The smallest absolute Gasteiger partial charge is 0.378 e. The number of anilines is 4. The van der Waals surface area contributed by atoms with E-state index in [1.807, 2.05) is 7.05 Å². The first kappa shape index (κ1) is 31.7. The molecule has 2 aliphatic rings. The van der Waals surface area contributed by atoms with Crippen molar-refractivity contribution >= 4 is 40.3 Å². The molecule has 0 radical (unpaired) electrons. The van der Waals surface area contributed by atoms with E-state index in [1.54, 1.807) is 30.0 Å². The standard InChI is InChI=1S/C31H33F3N6O5/c1-20-3-5-22(35-29(41)24-17-21(31(32,33)34)4-7-27(24)39-13-15-45-16-14-39)18-26(20)36-30(42)25-19-23(6-8-28(25)40(43)44)38-11-9-37(2)10-12-38/h3-8,17-19H,9-16H2,1-2H3,(H,35,41)(H,36,42). The summed E-state index contributed by atoms with van der Waals surface area (Å²) in [5.41, 5.74) is 0.535. The van der Waals surface area contributed by atoms with Gasteiger partial charge in [0.05, 0.1) is 29.3 Å². The highest BCUT2D eigenvalue weighted by Gasteiger charge is 2.33. The van der Waals surface area contributed by atoms with Gasteiger partial charge in [0.1, 0.15) is 5.56 Å². The molecule has 2 amide bonds. The predicted molar refractivity (Wildman–Crippen MR) is 164 cm³/mol. The number of aryl methyl sites for hydroxylation is 1. The summed E-state index contributed by atoms with van der Waals surface area (Å²) in [5.74, 6) is -1.48. The lowest BCUT2D eigenvalue weighted by atomic mass is 10.1. The van der Waals surface area contributed by atoms with Crippen LogP contribution in [-0.4, -0.2) is 81.2 Å². The molecule has 14 heteroatoms. The van der Waals surface area contributed by atoms with Gasteiger partial charge in [-0.25, -0.2) is 0 Å². The molecule has 2 fully saturated rings. The quantitative estimate of drug-likeness (QED) is 0.277. The maximum atomic E-state index is 13.6. The van der Waals surface area contributed by atoms with Gasteiger partial charge in [0.2, 0.25) is 0 Å². The van der Waals surface area contributed by atoms with E-state index in [0.717, 1.165) is 25.2 Å². The number of likely N-dealkylation sites (N-methyl/N-ethyl adjacent to an activating group) is 1. The summed E-state index contributed by atoms with van der Waals surface area (Å²) in [6, 6.07) is 12.1. The molecular formula is C31H33F3N6O5. The van der Waals surface area contributed by atoms with Gasteiger partial charge in [-0.3, -0.25) is 19.7 Å². The molecule has 3 aromatic rings. The third kappa shape index (κ3) is 7.35. The molecule has 0 aromatic heterocycles. The minimum atomic E-state index is -4.65. The van der Waals surface area contributed by atoms with E-state index >= 15 is 0 Å². The molecule has 2 heterocycles. The van der Waals surface area contributed by atoms with Crippen molar-refractivity contribution in [2.75, 3.05) is 80.0 Å². The lowest BCUT2D eigenvalue weighted by Gasteiger charge is -2.34. The van der Waals surface area contributed by atoms with Gasteiger partial charge < -0.3 is 30.1 Å². The Balaban J connectivity index is 1.40. The Morgan fingerprint density at radius 2 is 1.53 bits per heavy atom. The molecule has 5 rings (SSSR count). The van der Waals surface area contributed by atoms with Crippen molar-refractivity contribution in [1.82, 2.24) is 4.90 Å². The summed E-state index contributed by atoms with van der Waals surface area (Å²) in [6.07, 6.45) is -4.65. The van der Waals surface area contributed by atoms with Gasteiger partial charge >= 0.3 is 6.18 Å². The van der Waals surface area contributed by atoms with E-state index in [4.69, 9.17) is 4.74 Å². The molecular weight excluding hydrogens is 593 g/mol. The molecule has 238 valence electrons. The van der Waals surface area contributed by atoms with Crippen molar-refractivity contribution in [3.05, 3.63) is 87.0 Å². The van der Waals surface area contributed by atoms with E-state index < -0.39 is 28.5 Å². The zero-order chi connectivity index (χ0) is 32.3. The monoisotopic (exact) mass is 626 g/mol. The first-order valence-electron chi connectivity index (χ1n) is 14.4. The number of halogens is 3. The fourth-order valence-electron chi connectivity index (χ4n) is 5.32. The first-order chi connectivity index (χ1) is 21.4. The lowest BCUT2D eigenvalue weighted by Crippen LogP contribution is -2.44. The number of benzene rings is 3. The topological polar surface area (TPSA) is 120 Å². The summed E-state index contributed by atoms with van der Waals surface area (Å²) in [7, 11) is 2.01. The number of nitro groups is 1. The third-order valence-corrected chi connectivity index (χ3v) is 7.95. The van der Waals surface area contributed by atoms with Crippen LogP contribution in [0.15, 0.2) is 54.6 Å². The maximum Gasteiger partial charge on any atom is 0.416 e. The number of rotatable bonds is 7. The number of piperazine rings is 1. The Morgan fingerprint density at radius 3 is 2.20 bits per heavy atom. The van der Waals surface area contributed by atoms with Crippen LogP contribution in [0.3, 0.4) is 0 Å². The van der Waals surface area contributed by atoms with Crippen molar-refractivity contribution in [2.24, 2.45) is 0 Å². The van der Waals surface area contributed by atoms with Crippen LogP contribution in [-0.2, 0) is 10.9 Å². The molecule has 11 nitrogen and oxygen atoms in total. The van der Waals surface area contributed by atoms with Gasteiger partial charge in [-0.15, -0.1) is 0 Å². The van der Waals surface area contributed by atoms with E-state index in [-0.39, 0.29) is 28.2 Å². The zero-order valence-corrected chi connectivity index (χ0v) is 24.8. The Labute approximate surface area is 257 Å². The Bertz CT molecular complexity index is 1600. The normalized spacial score (nSPS) is 15.9. The zero-order valence-electron chi connectivity index (χ0n) is 24.8. The van der Waals surface area contributed by atoms with Crippen LogP contribution in [0.5, 0.6) is 0 Å². The number of alkyl halides is 3. The predicted octanol–water partition coefficient (Wildman–Crippen LogP) is 5.02. The Kier molecular flexibility index (Phi) is 9.25. The van der Waals surface area contributed by atoms with Crippen molar-refractivity contribution in [3.8, 4) is 0 Å². The van der Waals surface area contributed by atoms with Crippen LogP contribution in [0.2, 0.25) is 0 Å². The van der Waals surface area contributed by atoms with Gasteiger partial charge in [-0.1, -0.05) is 6.07 Å². The van der Waals surface area contributed by atoms with E-state index in [2.05, 4.69) is 20.4 Å². The number of carbonyl (C=O) groups excluding carboxylic acids is 2. The second-order valence-corrected chi connectivity index (χ2v) is 11.0. The molecule has 2 N–H and O–H groups in total. The summed E-state index contributed by atoms with van der Waals surface area (Å²) >= 11 is 0. The fraction of sp³-hybridized carbons (Fsp3) is 0.355. The highest BCUT2D eigenvalue weighted by molar-refractivity contribution is 6.10. The number of hydrogen-bond donors (Lipinski definition) is 2. The van der Waals surface area contributed by atoms with Crippen LogP contribution in [0.25, 0.3) is 0 Å². The minimum Gasteiger partial charge on any atom is -0.378 e. The highest BCUT2D eigenvalue weighted by Crippen LogP contribution is 2.34. The van der Waals surface area contributed by atoms with Crippen molar-refractivity contribution in [3.63, 3.8) is 0 Å². The number of nitrogens with zero attached hydrogens (tertiary/aromatic N) is 4. The minimum absolute atomic E-state index is 0.121. The SMILES string of the molecule is Cc1ccc(NC(=O)c2cc(C(F)(F)F)ccc2N2CCOCC2)cc1NC(=O)c1cc(N2CCN(C)CC2)ccc1[N+](=O)[O-]. The number of nitrogens with one attached hydrogen (secondary N) is 2. The summed E-state index contributed by atoms with van der Waals surface area (Å²) in [6.45, 7) is 6.31. The van der Waals surface area contributed by atoms with Crippen LogP contribution >= 0.6 is 0 Å². The molecule has 0 saturated carbocycles. The van der Waals surface area contributed by atoms with E-state index in [1.165, 1.54) is 24.3 Å². The molecule has 0 aliphatic carbocycles. The average Bonchev–Trinajstić information content (AvgIpc) is 3.02. The lowest BCUT2D eigenvalue weighted by molar-refractivity contribution is -0.385. The Hall–Kier alpha value is -4.69. The average molecular weight is 627 g/mol. The number of ether oxygens (including phenoxy) is 1. The molecule has 0 spiro atoms. The molecule has 45 heavy (non-hydrogen) atoms. The van der Waals surface area contributed by atoms with Crippen LogP contribution < -0.4 is 20.4 Å². The highest BCUT2D eigenvalue weighted by atomic mass is 19.4. The molecule has 3 aromatic carbocycles. The van der Waals surface area contributed by atoms with Gasteiger partial charge in [0.15, 0.2) is 0 Å². The van der Waals surface area contributed by atoms with E-state index in [9.17, 15) is 32.9 Å². The van der Waals surface area contributed by atoms with Crippen molar-refractivity contribution in [2.45, 2.75) is 13.1 Å². The van der Waals surface area contributed by atoms with Crippen molar-refractivity contribution < 1.29 is 32.4 Å². The van der Waals surface area contributed by atoms with Gasteiger partial charge in [0, 0.05) is 68.1 Å². The summed E-state index contributed by atoms with van der Waals surface area (Å²) in [4.78, 5) is 44.0. The number of hydrogen-bond acceptors (Lipinski definition) is 8. The number of amides is 2. The van der Waals surface area contributed by atoms with Gasteiger partial charge in [0.25, 0.3) is 17.5 Å². The largest absolute Gasteiger partial charge is 0.416 e. The second kappa shape index (κ2) is 13.1. The molecule has 0 unspecified atom stereocenters. The summed E-state index contributed by atoms with van der Waals surface area (Å²) in [5, 5.41) is 17.2. The van der Waals surface area contributed by atoms with E-state index in [0.29, 0.717) is 56.3 Å².